The molecule has 1 amide bonds. The van der Waals surface area contributed by atoms with Crippen LogP contribution >= 0.6 is 11.3 Å². The third-order valence-electron chi connectivity index (χ3n) is 4.93. The van der Waals surface area contributed by atoms with Gasteiger partial charge in [-0.25, -0.2) is 8.42 Å². The van der Waals surface area contributed by atoms with E-state index in [9.17, 15) is 13.2 Å². The Morgan fingerprint density at radius 3 is 2.44 bits per heavy atom. The fourth-order valence-corrected chi connectivity index (χ4v) is 5.79. The Kier molecular flexibility index (Phi) is 6.00. The number of hydrogen-bond donors (Lipinski definition) is 1. The van der Waals surface area contributed by atoms with Gasteiger partial charge in [0.2, 0.25) is 5.91 Å². The minimum atomic E-state index is -3.42. The molecule has 1 aliphatic heterocycles. The first kappa shape index (κ1) is 20.0. The van der Waals surface area contributed by atoms with E-state index in [1.165, 1.54) is 15.6 Å². The minimum absolute atomic E-state index is 0.0727. The summed E-state index contributed by atoms with van der Waals surface area (Å²) in [5.41, 5.74) is 3.00. The van der Waals surface area contributed by atoms with E-state index in [0.717, 1.165) is 16.8 Å². The standard InChI is InChI=1S/C19H25N3O3S2/c1-14-6-7-17(15(2)13-14)20-19(23)16(3)21-8-10-22(11-9-21)27(24,25)18-5-4-12-26-18/h4-7,12-13,16H,8-11H2,1-3H3,(H,20,23). The Balaban J connectivity index is 1.59. The smallest absolute Gasteiger partial charge is 0.252 e. The quantitative estimate of drug-likeness (QED) is 0.827. The van der Waals surface area contributed by atoms with E-state index in [4.69, 9.17) is 0 Å². The molecule has 1 unspecified atom stereocenters. The number of carbonyl (C=O) groups is 1. The van der Waals surface area contributed by atoms with Crippen LogP contribution < -0.4 is 5.32 Å². The van der Waals surface area contributed by atoms with Crippen molar-refractivity contribution < 1.29 is 13.2 Å². The van der Waals surface area contributed by atoms with Crippen molar-refractivity contribution in [1.29, 1.82) is 0 Å². The Hall–Kier alpha value is -1.74. The molecule has 1 saturated heterocycles. The van der Waals surface area contributed by atoms with Crippen molar-refractivity contribution in [1.82, 2.24) is 9.21 Å². The molecule has 8 heteroatoms. The molecule has 2 aromatic rings. The van der Waals surface area contributed by atoms with Crippen molar-refractivity contribution in [2.45, 2.75) is 31.0 Å². The Morgan fingerprint density at radius 1 is 1.15 bits per heavy atom. The van der Waals surface area contributed by atoms with Gasteiger partial charge in [0.05, 0.1) is 6.04 Å². The molecule has 1 aromatic heterocycles. The van der Waals surface area contributed by atoms with E-state index in [-0.39, 0.29) is 11.9 Å². The molecule has 2 heterocycles. The van der Waals surface area contributed by atoms with Crippen molar-refractivity contribution >= 4 is 33.0 Å². The topological polar surface area (TPSA) is 69.7 Å². The number of rotatable bonds is 5. The van der Waals surface area contributed by atoms with Gasteiger partial charge < -0.3 is 5.32 Å². The second kappa shape index (κ2) is 8.10. The first-order valence-corrected chi connectivity index (χ1v) is 11.3. The maximum Gasteiger partial charge on any atom is 0.252 e. The summed E-state index contributed by atoms with van der Waals surface area (Å²) in [6.07, 6.45) is 0. The fourth-order valence-electron chi connectivity index (χ4n) is 3.23. The van der Waals surface area contributed by atoms with Crippen LogP contribution in [0, 0.1) is 13.8 Å². The highest BCUT2D eigenvalue weighted by molar-refractivity contribution is 7.91. The summed E-state index contributed by atoms with van der Waals surface area (Å²) in [6.45, 7) is 7.70. The number of aryl methyl sites for hydroxylation is 2. The SMILES string of the molecule is Cc1ccc(NC(=O)C(C)N2CCN(S(=O)(=O)c3cccs3)CC2)c(C)c1. The van der Waals surface area contributed by atoms with E-state index in [1.54, 1.807) is 17.5 Å². The van der Waals surface area contributed by atoms with Crippen LogP contribution in [0.5, 0.6) is 0 Å². The highest BCUT2D eigenvalue weighted by atomic mass is 32.2. The number of nitrogens with one attached hydrogen (secondary N) is 1. The molecule has 1 atom stereocenters. The lowest BCUT2D eigenvalue weighted by atomic mass is 10.1. The molecule has 1 fully saturated rings. The van der Waals surface area contributed by atoms with Crippen LogP contribution in [-0.2, 0) is 14.8 Å². The van der Waals surface area contributed by atoms with Crippen molar-refractivity contribution in [2.75, 3.05) is 31.5 Å². The number of amides is 1. The molecule has 0 radical (unpaired) electrons. The van der Waals surface area contributed by atoms with Crippen molar-refractivity contribution in [3.8, 4) is 0 Å². The third kappa shape index (κ3) is 4.40. The summed E-state index contributed by atoms with van der Waals surface area (Å²) in [7, 11) is -3.42. The van der Waals surface area contributed by atoms with Crippen molar-refractivity contribution in [2.24, 2.45) is 0 Å². The maximum absolute atomic E-state index is 12.6. The summed E-state index contributed by atoms with van der Waals surface area (Å²) >= 11 is 1.23. The Labute approximate surface area is 164 Å². The molecule has 1 N–H and O–H groups in total. The summed E-state index contributed by atoms with van der Waals surface area (Å²) in [6, 6.07) is 8.98. The van der Waals surface area contributed by atoms with Crippen LogP contribution in [0.3, 0.4) is 0 Å². The Bertz CT molecular complexity index is 902. The summed E-state index contributed by atoms with van der Waals surface area (Å²) in [5, 5.41) is 4.75. The van der Waals surface area contributed by atoms with Crippen LogP contribution in [0.15, 0.2) is 39.9 Å². The van der Waals surface area contributed by atoms with Crippen LogP contribution in [0.25, 0.3) is 0 Å². The first-order chi connectivity index (χ1) is 12.8. The van der Waals surface area contributed by atoms with E-state index in [2.05, 4.69) is 5.32 Å². The lowest BCUT2D eigenvalue weighted by molar-refractivity contribution is -0.121. The van der Waals surface area contributed by atoms with Gasteiger partial charge in [0, 0.05) is 31.9 Å². The predicted octanol–water partition coefficient (Wildman–Crippen LogP) is 2.70. The van der Waals surface area contributed by atoms with Gasteiger partial charge in [-0.05, 0) is 43.8 Å². The zero-order chi connectivity index (χ0) is 19.6. The van der Waals surface area contributed by atoms with Crippen molar-refractivity contribution in [3.63, 3.8) is 0 Å². The molecule has 0 bridgehead atoms. The molecule has 0 aliphatic carbocycles. The number of sulfonamides is 1. The maximum atomic E-state index is 12.6. The molecule has 146 valence electrons. The Morgan fingerprint density at radius 2 is 1.85 bits per heavy atom. The van der Waals surface area contributed by atoms with Crippen LogP contribution in [0.2, 0.25) is 0 Å². The number of carbonyl (C=O) groups excluding carboxylic acids is 1. The van der Waals surface area contributed by atoms with Gasteiger partial charge in [-0.3, -0.25) is 9.69 Å². The summed E-state index contributed by atoms with van der Waals surface area (Å²) in [5.74, 6) is -0.0727. The molecule has 0 spiro atoms. The lowest BCUT2D eigenvalue weighted by Crippen LogP contribution is -2.53. The van der Waals surface area contributed by atoms with E-state index in [0.29, 0.717) is 30.4 Å². The summed E-state index contributed by atoms with van der Waals surface area (Å²) < 4.78 is 27.1. The summed E-state index contributed by atoms with van der Waals surface area (Å²) in [4.78, 5) is 14.7. The second-order valence-corrected chi connectivity index (χ2v) is 9.97. The number of thiophene rings is 1. The number of benzene rings is 1. The molecule has 3 rings (SSSR count). The highest BCUT2D eigenvalue weighted by Crippen LogP contribution is 2.23. The molecule has 0 saturated carbocycles. The van der Waals surface area contributed by atoms with Crippen molar-refractivity contribution in [3.05, 3.63) is 46.8 Å². The van der Waals surface area contributed by atoms with Gasteiger partial charge >= 0.3 is 0 Å². The molecular formula is C19H25N3O3S2. The largest absolute Gasteiger partial charge is 0.324 e. The zero-order valence-corrected chi connectivity index (χ0v) is 17.4. The number of anilines is 1. The lowest BCUT2D eigenvalue weighted by Gasteiger charge is -2.36. The molecule has 27 heavy (non-hydrogen) atoms. The van der Waals surface area contributed by atoms with Gasteiger partial charge in [0.25, 0.3) is 10.0 Å². The number of piperazine rings is 1. The predicted molar refractivity (Wildman–Crippen MR) is 109 cm³/mol. The van der Waals surface area contributed by atoms with E-state index in [1.807, 2.05) is 43.9 Å². The van der Waals surface area contributed by atoms with Gasteiger partial charge in [0.1, 0.15) is 4.21 Å². The van der Waals surface area contributed by atoms with Gasteiger partial charge in [-0.15, -0.1) is 11.3 Å². The van der Waals surface area contributed by atoms with Crippen LogP contribution in [0.4, 0.5) is 5.69 Å². The highest BCUT2D eigenvalue weighted by Gasteiger charge is 2.32. The van der Waals surface area contributed by atoms with Crippen LogP contribution in [0.1, 0.15) is 18.1 Å². The molecule has 1 aliphatic rings. The van der Waals surface area contributed by atoms with E-state index >= 15 is 0 Å². The second-order valence-electron chi connectivity index (χ2n) is 6.86. The van der Waals surface area contributed by atoms with Crippen LogP contribution in [-0.4, -0.2) is 55.8 Å². The van der Waals surface area contributed by atoms with Gasteiger partial charge in [-0.2, -0.15) is 4.31 Å². The average molecular weight is 408 g/mol. The monoisotopic (exact) mass is 407 g/mol. The molecule has 1 aromatic carbocycles. The first-order valence-electron chi connectivity index (χ1n) is 8.95. The number of hydrogen-bond acceptors (Lipinski definition) is 5. The number of nitrogens with zero attached hydrogens (tertiary/aromatic N) is 2. The van der Waals surface area contributed by atoms with E-state index < -0.39 is 10.0 Å². The zero-order valence-electron chi connectivity index (χ0n) is 15.8. The molecular weight excluding hydrogens is 382 g/mol. The molecule has 6 nitrogen and oxygen atoms in total. The fraction of sp³-hybridized carbons (Fsp3) is 0.421. The average Bonchev–Trinajstić information content (AvgIpc) is 3.19. The third-order valence-corrected chi connectivity index (χ3v) is 8.20. The van der Waals surface area contributed by atoms with Gasteiger partial charge in [0.15, 0.2) is 0 Å². The van der Waals surface area contributed by atoms with Gasteiger partial charge in [-0.1, -0.05) is 23.8 Å². The minimum Gasteiger partial charge on any atom is -0.324 e. The normalized spacial score (nSPS) is 17.6.